The van der Waals surface area contributed by atoms with Crippen molar-refractivity contribution in [2.24, 2.45) is 0 Å². The Kier molecular flexibility index (Phi) is 5.60. The lowest BCUT2D eigenvalue weighted by molar-refractivity contribution is 0.144. The Labute approximate surface area is 150 Å². The minimum Gasteiger partial charge on any atom is -0.422 e. The number of hydrogen-bond acceptors (Lipinski definition) is 4. The van der Waals surface area contributed by atoms with Crippen LogP contribution in [0.2, 0.25) is 0 Å². The maximum Gasteiger partial charge on any atom is 0.341 e. The Hall–Kier alpha value is -1.65. The Morgan fingerprint density at radius 1 is 1.28 bits per heavy atom. The Bertz CT molecular complexity index is 796. The molecule has 1 aromatic carbocycles. The number of rotatable bonds is 6. The van der Waals surface area contributed by atoms with E-state index in [4.69, 9.17) is 4.42 Å². The molecule has 0 amide bonds. The number of benzene rings is 1. The summed E-state index contributed by atoms with van der Waals surface area (Å²) in [6.45, 7) is 13.7. The fourth-order valence-electron chi connectivity index (χ4n) is 4.05. The molecule has 1 aromatic heterocycles. The second kappa shape index (κ2) is 7.71. The Morgan fingerprint density at radius 3 is 2.80 bits per heavy atom. The predicted molar refractivity (Wildman–Crippen MR) is 103 cm³/mol. The molecule has 1 atom stereocenters. The molecule has 4 nitrogen and oxygen atoms in total. The predicted octanol–water partition coefficient (Wildman–Crippen LogP) is 3.58. The van der Waals surface area contributed by atoms with Crippen LogP contribution in [0.25, 0.3) is 11.0 Å². The molecule has 2 aromatic rings. The quantitative estimate of drug-likeness (QED) is 0.752. The van der Waals surface area contributed by atoms with Crippen molar-refractivity contribution in [2.45, 2.75) is 53.1 Å². The molecule has 0 saturated carbocycles. The van der Waals surface area contributed by atoms with Crippen LogP contribution in [0.4, 0.5) is 0 Å². The molecule has 25 heavy (non-hydrogen) atoms. The molecule has 1 unspecified atom stereocenters. The summed E-state index contributed by atoms with van der Waals surface area (Å²) >= 11 is 0. The van der Waals surface area contributed by atoms with Crippen LogP contribution in [0.3, 0.4) is 0 Å². The molecule has 0 radical (unpaired) electrons. The van der Waals surface area contributed by atoms with Crippen molar-refractivity contribution in [1.82, 2.24) is 9.80 Å². The number of fused-ring (bicyclic) bond motifs is 3. The van der Waals surface area contributed by atoms with Crippen molar-refractivity contribution in [3.05, 3.63) is 45.3 Å². The molecule has 2 heterocycles. The first-order valence-electron chi connectivity index (χ1n) is 9.55. The van der Waals surface area contributed by atoms with E-state index in [0.717, 1.165) is 54.7 Å². The minimum atomic E-state index is -0.161. The fourth-order valence-corrected chi connectivity index (χ4v) is 4.05. The molecule has 0 spiro atoms. The molecule has 4 heteroatoms. The van der Waals surface area contributed by atoms with Crippen molar-refractivity contribution in [3.8, 4) is 0 Å². The molecule has 3 rings (SSSR count). The molecule has 1 aliphatic rings. The van der Waals surface area contributed by atoms with E-state index < -0.39 is 0 Å². The molecule has 1 aliphatic heterocycles. The van der Waals surface area contributed by atoms with Crippen molar-refractivity contribution >= 4 is 11.0 Å². The van der Waals surface area contributed by atoms with Crippen molar-refractivity contribution in [3.63, 3.8) is 0 Å². The lowest BCUT2D eigenvalue weighted by Crippen LogP contribution is -2.45. The third-order valence-electron chi connectivity index (χ3n) is 5.40. The zero-order valence-corrected chi connectivity index (χ0v) is 16.0. The zero-order valence-electron chi connectivity index (χ0n) is 16.0. The average Bonchev–Trinajstić information content (AvgIpc) is 2.59. The van der Waals surface area contributed by atoms with Gasteiger partial charge in [0.2, 0.25) is 0 Å². The van der Waals surface area contributed by atoms with Crippen LogP contribution < -0.4 is 5.63 Å². The summed E-state index contributed by atoms with van der Waals surface area (Å²) in [5.41, 5.74) is 3.74. The minimum absolute atomic E-state index is 0.161. The summed E-state index contributed by atoms with van der Waals surface area (Å²) in [6.07, 6.45) is 2.10. The lowest BCUT2D eigenvalue weighted by atomic mass is 9.96. The number of nitrogens with zero attached hydrogens (tertiary/aromatic N) is 2. The maximum atomic E-state index is 12.5. The Balaban J connectivity index is 1.82. The lowest BCUT2D eigenvalue weighted by Gasteiger charge is -2.35. The van der Waals surface area contributed by atoms with E-state index in [1.54, 1.807) is 0 Å². The van der Waals surface area contributed by atoms with Crippen LogP contribution in [0.15, 0.2) is 27.4 Å². The van der Waals surface area contributed by atoms with Crippen molar-refractivity contribution in [1.29, 1.82) is 0 Å². The number of hydrogen-bond donors (Lipinski definition) is 0. The third-order valence-corrected chi connectivity index (χ3v) is 5.40. The number of aryl methyl sites for hydroxylation is 1. The monoisotopic (exact) mass is 342 g/mol. The first kappa shape index (κ1) is 18.2. The Morgan fingerprint density at radius 2 is 2.08 bits per heavy atom. The maximum absolute atomic E-state index is 12.5. The summed E-state index contributed by atoms with van der Waals surface area (Å²) in [6, 6.07) is 6.67. The van der Waals surface area contributed by atoms with Gasteiger partial charge in [-0.1, -0.05) is 26.0 Å². The standard InChI is InChI=1S/C21H30N2O2/c1-5-10-23(6-2)16(4)13-22-11-9-17-18-8-7-15(3)12-20(18)25-21(24)19(17)14-22/h7-8,12,16H,5-6,9-11,13-14H2,1-4H3. The smallest absolute Gasteiger partial charge is 0.341 e. The van der Waals surface area contributed by atoms with Crippen LogP contribution >= 0.6 is 0 Å². The normalized spacial score (nSPS) is 16.4. The van der Waals surface area contributed by atoms with E-state index in [0.29, 0.717) is 12.6 Å². The van der Waals surface area contributed by atoms with Gasteiger partial charge in [0.15, 0.2) is 0 Å². The number of likely N-dealkylation sites (N-methyl/N-ethyl adjacent to an activating group) is 1. The van der Waals surface area contributed by atoms with E-state index in [9.17, 15) is 4.79 Å². The summed E-state index contributed by atoms with van der Waals surface area (Å²) in [4.78, 5) is 17.4. The van der Waals surface area contributed by atoms with Gasteiger partial charge in [-0.15, -0.1) is 0 Å². The van der Waals surface area contributed by atoms with E-state index in [1.807, 2.05) is 13.0 Å². The van der Waals surface area contributed by atoms with Gasteiger partial charge in [0.25, 0.3) is 0 Å². The van der Waals surface area contributed by atoms with E-state index in [-0.39, 0.29) is 5.63 Å². The highest BCUT2D eigenvalue weighted by Gasteiger charge is 2.24. The highest BCUT2D eigenvalue weighted by Crippen LogP contribution is 2.26. The topological polar surface area (TPSA) is 36.7 Å². The second-order valence-electron chi connectivity index (χ2n) is 7.31. The molecule has 0 saturated heterocycles. The van der Waals surface area contributed by atoms with Gasteiger partial charge in [-0.3, -0.25) is 9.80 Å². The van der Waals surface area contributed by atoms with E-state index in [2.05, 4.69) is 42.7 Å². The molecule has 136 valence electrons. The van der Waals surface area contributed by atoms with Crippen LogP contribution in [0, 0.1) is 6.92 Å². The van der Waals surface area contributed by atoms with E-state index >= 15 is 0 Å². The van der Waals surface area contributed by atoms with Crippen molar-refractivity contribution < 1.29 is 4.42 Å². The van der Waals surface area contributed by atoms with Gasteiger partial charge < -0.3 is 4.42 Å². The van der Waals surface area contributed by atoms with Gasteiger partial charge in [0.05, 0.1) is 5.56 Å². The molecule has 0 fully saturated rings. The first-order valence-corrected chi connectivity index (χ1v) is 9.55. The average molecular weight is 342 g/mol. The van der Waals surface area contributed by atoms with Crippen LogP contribution in [-0.4, -0.2) is 42.0 Å². The molecular weight excluding hydrogens is 312 g/mol. The largest absolute Gasteiger partial charge is 0.422 e. The summed E-state index contributed by atoms with van der Waals surface area (Å²) in [5, 5.41) is 1.11. The fraction of sp³-hybridized carbons (Fsp3) is 0.571. The van der Waals surface area contributed by atoms with Crippen molar-refractivity contribution in [2.75, 3.05) is 26.2 Å². The van der Waals surface area contributed by atoms with E-state index in [1.165, 1.54) is 12.0 Å². The van der Waals surface area contributed by atoms with Crippen LogP contribution in [-0.2, 0) is 13.0 Å². The molecular formula is C21H30N2O2. The van der Waals surface area contributed by atoms with Gasteiger partial charge in [-0.2, -0.15) is 0 Å². The highest BCUT2D eigenvalue weighted by molar-refractivity contribution is 5.82. The summed E-state index contributed by atoms with van der Waals surface area (Å²) in [7, 11) is 0. The third kappa shape index (κ3) is 3.80. The van der Waals surface area contributed by atoms with Gasteiger partial charge in [0, 0.05) is 31.1 Å². The first-order chi connectivity index (χ1) is 12.0. The molecule has 0 bridgehead atoms. The summed E-state index contributed by atoms with van der Waals surface area (Å²) < 4.78 is 5.61. The molecule has 0 aliphatic carbocycles. The van der Waals surface area contributed by atoms with Gasteiger partial charge in [0.1, 0.15) is 5.58 Å². The van der Waals surface area contributed by atoms with Gasteiger partial charge in [-0.05, 0) is 57.0 Å². The molecule has 0 N–H and O–H groups in total. The highest BCUT2D eigenvalue weighted by atomic mass is 16.4. The zero-order chi connectivity index (χ0) is 18.0. The van der Waals surface area contributed by atoms with Crippen LogP contribution in [0.5, 0.6) is 0 Å². The van der Waals surface area contributed by atoms with Gasteiger partial charge in [-0.25, -0.2) is 4.79 Å². The van der Waals surface area contributed by atoms with Crippen LogP contribution in [0.1, 0.15) is 43.9 Å². The SMILES string of the molecule is CCCN(CC)C(C)CN1CCc2c(c(=O)oc3cc(C)ccc23)C1. The second-order valence-corrected chi connectivity index (χ2v) is 7.31. The van der Waals surface area contributed by atoms with Gasteiger partial charge >= 0.3 is 5.63 Å². The summed E-state index contributed by atoms with van der Waals surface area (Å²) in [5.74, 6) is 0.